The van der Waals surface area contributed by atoms with Crippen molar-refractivity contribution in [2.24, 2.45) is 0 Å². The maximum absolute atomic E-state index is 14.0. The molecule has 0 aromatic heterocycles. The van der Waals surface area contributed by atoms with Crippen LogP contribution in [0, 0.1) is 11.6 Å². The Morgan fingerprint density at radius 1 is 1.19 bits per heavy atom. The highest BCUT2D eigenvalue weighted by atomic mass is 32.2. The monoisotopic (exact) mass is 395 g/mol. The highest BCUT2D eigenvalue weighted by Gasteiger charge is 2.28. The lowest BCUT2D eigenvalue weighted by Crippen LogP contribution is -2.34. The van der Waals surface area contributed by atoms with Gasteiger partial charge in [0.1, 0.15) is 17.3 Å². The first-order valence-corrected chi connectivity index (χ1v) is 9.64. The van der Waals surface area contributed by atoms with E-state index in [2.05, 4.69) is 0 Å². The maximum Gasteiger partial charge on any atom is 0.238 e. The van der Waals surface area contributed by atoms with Crippen LogP contribution in [0.2, 0.25) is 0 Å². The average Bonchev–Trinajstić information content (AvgIpc) is 2.56. The molecule has 0 saturated carbocycles. The molecule has 6 nitrogen and oxygen atoms in total. The number of carbonyl (C=O) groups is 1. The first kappa shape index (κ1) is 18.8. The topological polar surface area (TPSA) is 72.9 Å². The Morgan fingerprint density at radius 2 is 1.93 bits per heavy atom. The van der Waals surface area contributed by atoms with E-state index in [4.69, 9.17) is 9.47 Å². The molecule has 9 heteroatoms. The Bertz CT molecular complexity index is 1050. The summed E-state index contributed by atoms with van der Waals surface area (Å²) in [5.74, 6) is -2.60. The molecular weight excluding hydrogens is 380 g/mol. The van der Waals surface area contributed by atoms with Crippen LogP contribution in [-0.4, -0.2) is 20.6 Å². The fourth-order valence-electron chi connectivity index (χ4n) is 2.66. The molecule has 0 aliphatic carbocycles. The van der Waals surface area contributed by atoms with Crippen molar-refractivity contribution >= 4 is 21.6 Å². The van der Waals surface area contributed by atoms with Gasteiger partial charge in [-0.1, -0.05) is 0 Å². The molecule has 0 N–H and O–H groups in total. The molecule has 2 aromatic rings. The second-order valence-electron chi connectivity index (χ2n) is 5.84. The van der Waals surface area contributed by atoms with Gasteiger partial charge in [0.2, 0.25) is 15.9 Å². The van der Waals surface area contributed by atoms with Crippen molar-refractivity contribution in [3.63, 3.8) is 0 Å². The molecule has 1 aliphatic rings. The van der Waals surface area contributed by atoms with Crippen LogP contribution >= 0.6 is 0 Å². The van der Waals surface area contributed by atoms with Gasteiger partial charge in [-0.15, -0.1) is 0 Å². The molecule has 3 rings (SSSR count). The van der Waals surface area contributed by atoms with E-state index in [9.17, 15) is 22.0 Å². The van der Waals surface area contributed by atoms with Gasteiger partial charge in [-0.3, -0.25) is 4.79 Å². The number of ether oxygens (including phenoxy) is 2. The fourth-order valence-corrected chi connectivity index (χ4v) is 3.62. The highest BCUT2D eigenvalue weighted by molar-refractivity contribution is 7.92. The van der Waals surface area contributed by atoms with Crippen LogP contribution in [0.1, 0.15) is 12.5 Å². The normalized spacial score (nSPS) is 12.9. The average molecular weight is 395 g/mol. The van der Waals surface area contributed by atoms with E-state index in [1.807, 2.05) is 0 Å². The number of nitrogens with zero attached hydrogens (tertiary/aromatic N) is 1. The van der Waals surface area contributed by atoms with E-state index in [0.29, 0.717) is 28.1 Å². The number of hydrogen-bond acceptors (Lipinski definition) is 5. The van der Waals surface area contributed by atoms with Crippen molar-refractivity contribution in [1.82, 2.24) is 0 Å². The van der Waals surface area contributed by atoms with E-state index in [0.717, 1.165) is 25.3 Å². The molecule has 0 bridgehead atoms. The summed E-state index contributed by atoms with van der Waals surface area (Å²) in [7, 11) is -4.00. The number of benzene rings is 2. The molecule has 0 radical (unpaired) electrons. The summed E-state index contributed by atoms with van der Waals surface area (Å²) in [6, 6.07) is 5.50. The van der Waals surface area contributed by atoms with Gasteiger partial charge in [0.25, 0.3) is 0 Å². The Hall–Kier alpha value is -2.94. The summed E-state index contributed by atoms with van der Waals surface area (Å²) < 4.78 is 62.8. The molecule has 0 saturated heterocycles. The van der Waals surface area contributed by atoms with Gasteiger partial charge in [0.15, 0.2) is 17.3 Å². The lowest BCUT2D eigenvalue weighted by molar-refractivity contribution is -0.115. The molecular formula is C18H15F2NO5S. The minimum absolute atomic E-state index is 0.0845. The van der Waals surface area contributed by atoms with Gasteiger partial charge in [-0.25, -0.2) is 21.5 Å². The van der Waals surface area contributed by atoms with Gasteiger partial charge < -0.3 is 9.47 Å². The minimum Gasteiger partial charge on any atom is -0.465 e. The van der Waals surface area contributed by atoms with Crippen molar-refractivity contribution in [2.45, 2.75) is 13.3 Å². The van der Waals surface area contributed by atoms with Crippen LogP contribution in [0.25, 0.3) is 0 Å². The first-order chi connectivity index (χ1) is 12.7. The van der Waals surface area contributed by atoms with E-state index in [-0.39, 0.29) is 17.2 Å². The van der Waals surface area contributed by atoms with Crippen molar-refractivity contribution in [3.05, 3.63) is 59.9 Å². The first-order valence-electron chi connectivity index (χ1n) is 7.79. The number of sulfonamides is 1. The molecule has 0 unspecified atom stereocenters. The largest absolute Gasteiger partial charge is 0.465 e. The van der Waals surface area contributed by atoms with Crippen LogP contribution in [0.4, 0.5) is 14.5 Å². The van der Waals surface area contributed by atoms with E-state index >= 15 is 0 Å². The van der Waals surface area contributed by atoms with Gasteiger partial charge in [-0.2, -0.15) is 0 Å². The Labute approximate surface area is 154 Å². The van der Waals surface area contributed by atoms with Crippen molar-refractivity contribution < 1.29 is 31.5 Å². The summed E-state index contributed by atoms with van der Waals surface area (Å²) in [5.41, 5.74) is 0.513. The molecule has 142 valence electrons. The zero-order valence-electron chi connectivity index (χ0n) is 14.4. The SMILES string of the molecule is CC(=O)N(c1cc2c(cc1Oc1ccc(F)cc1F)CC=CO2)S(C)(=O)=O. The smallest absolute Gasteiger partial charge is 0.238 e. The summed E-state index contributed by atoms with van der Waals surface area (Å²) in [6.45, 7) is 1.07. The third-order valence-electron chi connectivity index (χ3n) is 3.72. The second kappa shape index (κ2) is 6.99. The lowest BCUT2D eigenvalue weighted by atomic mass is 10.1. The Kier molecular flexibility index (Phi) is 4.88. The standard InChI is InChI=1S/C18H15F2NO5S/c1-11(22)21(27(2,23)24)15-10-17-12(4-3-7-25-17)8-18(15)26-16-6-5-13(19)9-14(16)20/h3,5-10H,4H2,1-2H3. The van der Waals surface area contributed by atoms with E-state index in [1.54, 1.807) is 6.08 Å². The number of halogens is 2. The van der Waals surface area contributed by atoms with Crippen LogP contribution < -0.4 is 13.8 Å². The molecule has 0 fully saturated rings. The zero-order valence-corrected chi connectivity index (χ0v) is 15.2. The van der Waals surface area contributed by atoms with Gasteiger partial charge in [-0.05, 0) is 30.7 Å². The van der Waals surface area contributed by atoms with Gasteiger partial charge in [0.05, 0.1) is 12.5 Å². The zero-order chi connectivity index (χ0) is 19.8. The fraction of sp³-hybridized carbons (Fsp3) is 0.167. The quantitative estimate of drug-likeness (QED) is 0.792. The predicted octanol–water partition coefficient (Wildman–Crippen LogP) is 3.52. The number of carbonyl (C=O) groups excluding carboxylic acids is 1. The molecule has 0 atom stereocenters. The molecule has 2 aromatic carbocycles. The highest BCUT2D eigenvalue weighted by Crippen LogP contribution is 2.41. The van der Waals surface area contributed by atoms with E-state index in [1.165, 1.54) is 18.4 Å². The van der Waals surface area contributed by atoms with Crippen molar-refractivity contribution in [1.29, 1.82) is 0 Å². The predicted molar refractivity (Wildman–Crippen MR) is 94.3 cm³/mol. The number of fused-ring (bicyclic) bond motifs is 1. The van der Waals surface area contributed by atoms with Gasteiger partial charge in [0, 0.05) is 24.6 Å². The van der Waals surface area contributed by atoms with Crippen LogP contribution in [0.15, 0.2) is 42.7 Å². The molecule has 1 aliphatic heterocycles. The third kappa shape index (κ3) is 3.92. The summed E-state index contributed by atoms with van der Waals surface area (Å²) >= 11 is 0. The number of allylic oxidation sites excluding steroid dienone is 1. The number of amides is 1. The minimum atomic E-state index is -4.00. The number of hydrogen-bond donors (Lipinski definition) is 0. The lowest BCUT2D eigenvalue weighted by Gasteiger charge is -2.24. The van der Waals surface area contributed by atoms with Gasteiger partial charge >= 0.3 is 0 Å². The molecule has 1 heterocycles. The van der Waals surface area contributed by atoms with Crippen LogP contribution in [0.3, 0.4) is 0 Å². The maximum atomic E-state index is 14.0. The number of rotatable bonds is 4. The Morgan fingerprint density at radius 3 is 2.56 bits per heavy atom. The van der Waals surface area contributed by atoms with Crippen LogP contribution in [-0.2, 0) is 21.2 Å². The Balaban J connectivity index is 2.17. The summed E-state index contributed by atoms with van der Waals surface area (Å²) in [6.07, 6.45) is 4.49. The molecule has 0 spiro atoms. The third-order valence-corrected chi connectivity index (χ3v) is 4.84. The van der Waals surface area contributed by atoms with Crippen molar-refractivity contribution in [2.75, 3.05) is 10.6 Å². The van der Waals surface area contributed by atoms with Crippen molar-refractivity contribution in [3.8, 4) is 17.2 Å². The second-order valence-corrected chi connectivity index (χ2v) is 7.68. The molecule has 1 amide bonds. The number of anilines is 1. The summed E-state index contributed by atoms with van der Waals surface area (Å²) in [4.78, 5) is 12.0. The summed E-state index contributed by atoms with van der Waals surface area (Å²) in [5, 5.41) is 0. The van der Waals surface area contributed by atoms with Crippen LogP contribution in [0.5, 0.6) is 17.2 Å². The van der Waals surface area contributed by atoms with E-state index < -0.39 is 27.6 Å². The molecule has 27 heavy (non-hydrogen) atoms.